The summed E-state index contributed by atoms with van der Waals surface area (Å²) in [5.41, 5.74) is 1.51. The number of urea groups is 1. The third kappa shape index (κ3) is 4.69. The summed E-state index contributed by atoms with van der Waals surface area (Å²) in [5, 5.41) is 5.50. The van der Waals surface area contributed by atoms with Gasteiger partial charge in [0.15, 0.2) is 0 Å². The van der Waals surface area contributed by atoms with E-state index in [2.05, 4.69) is 10.6 Å². The van der Waals surface area contributed by atoms with E-state index in [0.717, 1.165) is 5.56 Å². The molecule has 0 aliphatic carbocycles. The standard InChI is InChI=1S/C23H23N3O4S/c1-29-20-12-6-5-11-18(20)25-23(28)26-19(21(27)24-14-17-10-7-13-30-17)15-31-22(26)16-8-3-2-4-9-16/h2-13,19,22H,14-15H2,1H3,(H,24,27)(H,25,28)/t19-,22+/m0/s1. The smallest absolute Gasteiger partial charge is 0.323 e. The Hall–Kier alpha value is -3.39. The molecule has 1 aliphatic rings. The number of methoxy groups -OCH3 is 1. The van der Waals surface area contributed by atoms with Crippen molar-refractivity contribution in [2.45, 2.75) is 18.0 Å². The first-order valence-electron chi connectivity index (χ1n) is 9.86. The van der Waals surface area contributed by atoms with E-state index in [1.165, 1.54) is 0 Å². The summed E-state index contributed by atoms with van der Waals surface area (Å²) in [6.07, 6.45) is 1.56. The summed E-state index contributed by atoms with van der Waals surface area (Å²) in [7, 11) is 1.55. The molecule has 1 saturated heterocycles. The van der Waals surface area contributed by atoms with Gasteiger partial charge in [-0.3, -0.25) is 9.69 Å². The number of hydrogen-bond acceptors (Lipinski definition) is 5. The van der Waals surface area contributed by atoms with Crippen LogP contribution in [0, 0.1) is 0 Å². The number of nitrogens with one attached hydrogen (secondary N) is 2. The van der Waals surface area contributed by atoms with Gasteiger partial charge in [-0.25, -0.2) is 4.79 Å². The van der Waals surface area contributed by atoms with Crippen molar-refractivity contribution in [3.8, 4) is 5.75 Å². The van der Waals surface area contributed by atoms with Crippen LogP contribution in [0.1, 0.15) is 16.7 Å². The van der Waals surface area contributed by atoms with Crippen molar-refractivity contribution in [2.24, 2.45) is 0 Å². The van der Waals surface area contributed by atoms with Crippen molar-refractivity contribution >= 4 is 29.4 Å². The molecule has 1 aromatic heterocycles. The number of para-hydroxylation sites is 2. The van der Waals surface area contributed by atoms with E-state index in [4.69, 9.17) is 9.15 Å². The molecule has 1 fully saturated rings. The van der Waals surface area contributed by atoms with Gasteiger partial charge in [0, 0.05) is 5.75 Å². The van der Waals surface area contributed by atoms with Gasteiger partial charge in [0.05, 0.1) is 25.6 Å². The van der Waals surface area contributed by atoms with E-state index in [9.17, 15) is 9.59 Å². The second-order valence-electron chi connectivity index (χ2n) is 6.95. The average Bonchev–Trinajstić information content (AvgIpc) is 3.48. The molecular weight excluding hydrogens is 414 g/mol. The fourth-order valence-corrected chi connectivity index (χ4v) is 4.89. The minimum absolute atomic E-state index is 0.225. The number of nitrogens with zero attached hydrogens (tertiary/aromatic N) is 1. The van der Waals surface area contributed by atoms with Crippen molar-refractivity contribution in [1.82, 2.24) is 10.2 Å². The van der Waals surface area contributed by atoms with Gasteiger partial charge in [-0.2, -0.15) is 0 Å². The molecule has 0 unspecified atom stereocenters. The van der Waals surface area contributed by atoms with E-state index in [0.29, 0.717) is 22.9 Å². The Kier molecular flexibility index (Phi) is 6.47. The molecule has 2 aromatic carbocycles. The van der Waals surface area contributed by atoms with Crippen LogP contribution in [0.3, 0.4) is 0 Å². The topological polar surface area (TPSA) is 83.8 Å². The lowest BCUT2D eigenvalue weighted by Gasteiger charge is -2.29. The highest BCUT2D eigenvalue weighted by Gasteiger charge is 2.42. The fourth-order valence-electron chi connectivity index (χ4n) is 3.46. The highest BCUT2D eigenvalue weighted by molar-refractivity contribution is 7.99. The molecule has 31 heavy (non-hydrogen) atoms. The average molecular weight is 438 g/mol. The summed E-state index contributed by atoms with van der Waals surface area (Å²) >= 11 is 1.56. The predicted molar refractivity (Wildman–Crippen MR) is 120 cm³/mol. The fraction of sp³-hybridized carbons (Fsp3) is 0.217. The molecule has 3 aromatic rings. The van der Waals surface area contributed by atoms with E-state index >= 15 is 0 Å². The number of rotatable bonds is 6. The van der Waals surface area contributed by atoms with Crippen molar-refractivity contribution in [2.75, 3.05) is 18.2 Å². The largest absolute Gasteiger partial charge is 0.495 e. The number of benzene rings is 2. The van der Waals surface area contributed by atoms with Gasteiger partial charge in [-0.15, -0.1) is 11.8 Å². The molecule has 8 heteroatoms. The van der Waals surface area contributed by atoms with Crippen LogP contribution in [-0.4, -0.2) is 35.7 Å². The Morgan fingerprint density at radius 2 is 1.87 bits per heavy atom. The normalized spacial score (nSPS) is 17.9. The van der Waals surface area contributed by atoms with Gasteiger partial charge >= 0.3 is 6.03 Å². The molecule has 0 spiro atoms. The molecule has 160 valence electrons. The number of ether oxygens (including phenoxy) is 1. The zero-order valence-corrected chi connectivity index (χ0v) is 17.8. The first kappa shape index (κ1) is 20.9. The van der Waals surface area contributed by atoms with Gasteiger partial charge in [0.25, 0.3) is 0 Å². The predicted octanol–water partition coefficient (Wildman–Crippen LogP) is 4.25. The van der Waals surface area contributed by atoms with Crippen LogP contribution in [0.4, 0.5) is 10.5 Å². The second kappa shape index (κ2) is 9.61. The van der Waals surface area contributed by atoms with Gasteiger partial charge < -0.3 is 19.8 Å². The zero-order valence-electron chi connectivity index (χ0n) is 17.0. The van der Waals surface area contributed by atoms with Crippen molar-refractivity contribution in [3.05, 3.63) is 84.3 Å². The third-order valence-electron chi connectivity index (χ3n) is 4.99. The molecule has 7 nitrogen and oxygen atoms in total. The van der Waals surface area contributed by atoms with E-state index < -0.39 is 6.04 Å². The molecule has 2 atom stereocenters. The number of carbonyl (C=O) groups excluding carboxylic acids is 2. The molecule has 2 N–H and O–H groups in total. The lowest BCUT2D eigenvalue weighted by Crippen LogP contribution is -2.49. The Bertz CT molecular complexity index is 1030. The highest BCUT2D eigenvalue weighted by Crippen LogP contribution is 2.42. The maximum atomic E-state index is 13.4. The summed E-state index contributed by atoms with van der Waals surface area (Å²) in [6.45, 7) is 0.269. The minimum Gasteiger partial charge on any atom is -0.495 e. The zero-order chi connectivity index (χ0) is 21.6. The van der Waals surface area contributed by atoms with Gasteiger partial charge in [-0.1, -0.05) is 42.5 Å². The molecule has 0 radical (unpaired) electrons. The summed E-state index contributed by atoms with van der Waals surface area (Å²) in [5.74, 6) is 1.47. The highest BCUT2D eigenvalue weighted by atomic mass is 32.2. The maximum Gasteiger partial charge on any atom is 0.323 e. The van der Waals surface area contributed by atoms with E-state index in [1.54, 1.807) is 54.3 Å². The van der Waals surface area contributed by atoms with Crippen LogP contribution in [0.25, 0.3) is 0 Å². The molecule has 0 bridgehead atoms. The van der Waals surface area contributed by atoms with Crippen LogP contribution in [0.5, 0.6) is 5.75 Å². The monoisotopic (exact) mass is 437 g/mol. The SMILES string of the molecule is COc1ccccc1NC(=O)N1[C@@H](c2ccccc2)SC[C@H]1C(=O)NCc1ccco1. The molecule has 4 rings (SSSR count). The van der Waals surface area contributed by atoms with Crippen molar-refractivity contribution in [1.29, 1.82) is 0 Å². The minimum atomic E-state index is -0.625. The Balaban J connectivity index is 1.57. The third-order valence-corrected chi connectivity index (χ3v) is 6.31. The van der Waals surface area contributed by atoms with E-state index in [1.807, 2.05) is 42.5 Å². The Morgan fingerprint density at radius 1 is 1.10 bits per heavy atom. The lowest BCUT2D eigenvalue weighted by atomic mass is 10.1. The van der Waals surface area contributed by atoms with Crippen LogP contribution in [-0.2, 0) is 11.3 Å². The van der Waals surface area contributed by atoms with Crippen LogP contribution in [0.2, 0.25) is 0 Å². The number of amides is 3. The van der Waals surface area contributed by atoms with E-state index in [-0.39, 0.29) is 23.9 Å². The number of hydrogen-bond donors (Lipinski definition) is 2. The number of furan rings is 1. The number of thioether (sulfide) groups is 1. The first-order valence-corrected chi connectivity index (χ1v) is 10.9. The quantitative estimate of drug-likeness (QED) is 0.602. The summed E-state index contributed by atoms with van der Waals surface area (Å²) < 4.78 is 10.6. The number of anilines is 1. The van der Waals surface area contributed by atoms with Crippen molar-refractivity contribution < 1.29 is 18.7 Å². The van der Waals surface area contributed by atoms with Crippen LogP contribution in [0.15, 0.2) is 77.4 Å². The van der Waals surface area contributed by atoms with Crippen LogP contribution >= 0.6 is 11.8 Å². The Morgan fingerprint density at radius 3 is 2.61 bits per heavy atom. The Labute approximate surface area is 184 Å². The molecule has 2 heterocycles. The van der Waals surface area contributed by atoms with Crippen molar-refractivity contribution in [3.63, 3.8) is 0 Å². The summed E-state index contributed by atoms with van der Waals surface area (Å²) in [4.78, 5) is 28.0. The van der Waals surface area contributed by atoms with Gasteiger partial charge in [-0.05, 0) is 29.8 Å². The summed E-state index contributed by atoms with van der Waals surface area (Å²) in [6, 6.07) is 19.5. The number of carbonyl (C=O) groups is 2. The molecule has 0 saturated carbocycles. The van der Waals surface area contributed by atoms with Gasteiger partial charge in [0.2, 0.25) is 5.91 Å². The van der Waals surface area contributed by atoms with Crippen LogP contribution < -0.4 is 15.4 Å². The first-order chi connectivity index (χ1) is 15.2. The maximum absolute atomic E-state index is 13.4. The molecule has 3 amide bonds. The van der Waals surface area contributed by atoms with Gasteiger partial charge in [0.1, 0.15) is 22.9 Å². The second-order valence-corrected chi connectivity index (χ2v) is 8.06. The lowest BCUT2D eigenvalue weighted by molar-refractivity contribution is -0.124. The molecular formula is C23H23N3O4S. The molecule has 1 aliphatic heterocycles.